The van der Waals surface area contributed by atoms with Crippen LogP contribution in [-0.4, -0.2) is 56.1 Å². The molecule has 0 spiro atoms. The normalized spacial score (nSPS) is 15.2. The molecule has 0 atom stereocenters. The van der Waals surface area contributed by atoms with Crippen molar-refractivity contribution in [1.82, 2.24) is 9.88 Å². The van der Waals surface area contributed by atoms with Crippen LogP contribution in [0.25, 0.3) is 10.2 Å². The third-order valence-electron chi connectivity index (χ3n) is 4.95. The molecule has 2 aromatic carbocycles. The monoisotopic (exact) mass is 415 g/mol. The van der Waals surface area contributed by atoms with E-state index in [9.17, 15) is 13.2 Å². The predicted molar refractivity (Wildman–Crippen MR) is 112 cm³/mol. The highest BCUT2D eigenvalue weighted by Gasteiger charge is 2.27. The first-order chi connectivity index (χ1) is 13.5. The SMILES string of the molecule is CCS(=O)(=O)c1ccccc1C(=O)N1CCN(c2nc3ccccc3s2)CC1. The van der Waals surface area contributed by atoms with Gasteiger partial charge in [-0.2, -0.15) is 0 Å². The molecule has 0 unspecified atom stereocenters. The molecule has 1 fully saturated rings. The van der Waals surface area contributed by atoms with Crippen LogP contribution in [0.4, 0.5) is 5.13 Å². The summed E-state index contributed by atoms with van der Waals surface area (Å²) in [5.74, 6) is -0.251. The molecule has 0 N–H and O–H groups in total. The molecule has 8 heteroatoms. The van der Waals surface area contributed by atoms with Crippen LogP contribution < -0.4 is 4.90 Å². The third-order valence-corrected chi connectivity index (χ3v) is 7.84. The number of amides is 1. The number of fused-ring (bicyclic) bond motifs is 1. The van der Waals surface area contributed by atoms with Gasteiger partial charge in [-0.3, -0.25) is 4.79 Å². The van der Waals surface area contributed by atoms with Gasteiger partial charge in [-0.05, 0) is 24.3 Å². The Bertz CT molecular complexity index is 1080. The highest BCUT2D eigenvalue weighted by atomic mass is 32.2. The van der Waals surface area contributed by atoms with Crippen molar-refractivity contribution in [2.45, 2.75) is 11.8 Å². The lowest BCUT2D eigenvalue weighted by molar-refractivity contribution is 0.0743. The van der Waals surface area contributed by atoms with Crippen LogP contribution in [0.2, 0.25) is 0 Å². The molecule has 0 saturated carbocycles. The molecule has 1 aromatic heterocycles. The number of para-hydroxylation sites is 1. The van der Waals surface area contributed by atoms with Gasteiger partial charge < -0.3 is 9.80 Å². The van der Waals surface area contributed by atoms with E-state index in [4.69, 9.17) is 0 Å². The lowest BCUT2D eigenvalue weighted by Crippen LogP contribution is -2.49. The second-order valence-corrected chi connectivity index (χ2v) is 9.90. The van der Waals surface area contributed by atoms with Gasteiger partial charge in [0.15, 0.2) is 15.0 Å². The molecule has 6 nitrogen and oxygen atoms in total. The Morgan fingerprint density at radius 2 is 1.71 bits per heavy atom. The summed E-state index contributed by atoms with van der Waals surface area (Å²) in [6.07, 6.45) is 0. The van der Waals surface area contributed by atoms with Crippen LogP contribution in [0.1, 0.15) is 17.3 Å². The van der Waals surface area contributed by atoms with Gasteiger partial charge in [0.25, 0.3) is 5.91 Å². The molecule has 1 amide bonds. The van der Waals surface area contributed by atoms with E-state index in [2.05, 4.69) is 16.0 Å². The van der Waals surface area contributed by atoms with Gasteiger partial charge >= 0.3 is 0 Å². The van der Waals surface area contributed by atoms with E-state index in [0.717, 1.165) is 15.3 Å². The highest BCUT2D eigenvalue weighted by Crippen LogP contribution is 2.29. The number of anilines is 1. The molecule has 0 bridgehead atoms. The van der Waals surface area contributed by atoms with Crippen LogP contribution >= 0.6 is 11.3 Å². The van der Waals surface area contributed by atoms with E-state index in [0.29, 0.717) is 26.2 Å². The van der Waals surface area contributed by atoms with E-state index in [1.54, 1.807) is 41.4 Å². The molecule has 1 saturated heterocycles. The van der Waals surface area contributed by atoms with E-state index >= 15 is 0 Å². The molecule has 4 rings (SSSR count). The average molecular weight is 416 g/mol. The number of aromatic nitrogens is 1. The van der Waals surface area contributed by atoms with Crippen LogP contribution in [-0.2, 0) is 9.84 Å². The predicted octanol–water partition coefficient (Wildman–Crippen LogP) is 3.05. The zero-order valence-electron chi connectivity index (χ0n) is 15.5. The Morgan fingerprint density at radius 3 is 2.43 bits per heavy atom. The molecule has 28 heavy (non-hydrogen) atoms. The minimum atomic E-state index is -3.45. The van der Waals surface area contributed by atoms with E-state index < -0.39 is 9.84 Å². The summed E-state index contributed by atoms with van der Waals surface area (Å²) in [5, 5.41) is 0.960. The Labute approximate surface area is 168 Å². The van der Waals surface area contributed by atoms with Crippen LogP contribution in [0.5, 0.6) is 0 Å². The minimum absolute atomic E-state index is 0.0251. The quantitative estimate of drug-likeness (QED) is 0.655. The first-order valence-electron chi connectivity index (χ1n) is 9.21. The third kappa shape index (κ3) is 3.49. The van der Waals surface area contributed by atoms with E-state index in [-0.39, 0.29) is 22.1 Å². The Morgan fingerprint density at radius 1 is 1.04 bits per heavy atom. The average Bonchev–Trinajstić information content (AvgIpc) is 3.17. The zero-order chi connectivity index (χ0) is 19.7. The number of carbonyl (C=O) groups is 1. The molecule has 0 aliphatic carbocycles. The second kappa shape index (κ2) is 7.52. The van der Waals surface area contributed by atoms with Crippen molar-refractivity contribution in [2.75, 3.05) is 36.8 Å². The first-order valence-corrected chi connectivity index (χ1v) is 11.7. The van der Waals surface area contributed by atoms with Crippen molar-refractivity contribution in [3.63, 3.8) is 0 Å². The zero-order valence-corrected chi connectivity index (χ0v) is 17.2. The standard InChI is InChI=1S/C20H21N3O3S2/c1-2-28(25,26)18-10-6-3-7-15(18)19(24)22-11-13-23(14-12-22)20-21-16-8-4-5-9-17(16)27-20/h3-10H,2,11-14H2,1H3. The number of hydrogen-bond acceptors (Lipinski definition) is 6. The molecule has 3 aromatic rings. The molecule has 1 aliphatic rings. The van der Waals surface area contributed by atoms with Gasteiger partial charge in [-0.15, -0.1) is 0 Å². The van der Waals surface area contributed by atoms with Gasteiger partial charge in [0.1, 0.15) is 0 Å². The van der Waals surface area contributed by atoms with Crippen molar-refractivity contribution < 1.29 is 13.2 Å². The van der Waals surface area contributed by atoms with Crippen LogP contribution in [0.3, 0.4) is 0 Å². The van der Waals surface area contributed by atoms with E-state index in [1.165, 1.54) is 6.07 Å². The smallest absolute Gasteiger partial charge is 0.255 e. The molecule has 2 heterocycles. The Hall–Kier alpha value is -2.45. The number of thiazole rings is 1. The van der Waals surface area contributed by atoms with Crippen molar-refractivity contribution in [3.05, 3.63) is 54.1 Å². The summed E-state index contributed by atoms with van der Waals surface area (Å²) in [7, 11) is -3.45. The minimum Gasteiger partial charge on any atom is -0.345 e. The number of carbonyl (C=O) groups excluding carboxylic acids is 1. The summed E-state index contributed by atoms with van der Waals surface area (Å²) < 4.78 is 25.8. The summed E-state index contributed by atoms with van der Waals surface area (Å²) >= 11 is 1.65. The number of nitrogens with zero attached hydrogens (tertiary/aromatic N) is 3. The van der Waals surface area contributed by atoms with Crippen molar-refractivity contribution in [3.8, 4) is 0 Å². The van der Waals surface area contributed by atoms with E-state index in [1.807, 2.05) is 18.2 Å². The number of hydrogen-bond donors (Lipinski definition) is 0. The summed E-state index contributed by atoms with van der Waals surface area (Å²) in [6.45, 7) is 4.01. The number of sulfone groups is 1. The van der Waals surface area contributed by atoms with Crippen LogP contribution in [0.15, 0.2) is 53.4 Å². The van der Waals surface area contributed by atoms with Gasteiger partial charge in [-0.25, -0.2) is 13.4 Å². The van der Waals surface area contributed by atoms with Crippen molar-refractivity contribution in [2.24, 2.45) is 0 Å². The second-order valence-electron chi connectivity index (χ2n) is 6.64. The number of piperazine rings is 1. The summed E-state index contributed by atoms with van der Waals surface area (Å²) in [5.41, 5.74) is 1.25. The summed E-state index contributed by atoms with van der Waals surface area (Å²) in [6, 6.07) is 14.5. The van der Waals surface area contributed by atoms with Crippen LogP contribution in [0, 0.1) is 0 Å². The Balaban J connectivity index is 1.50. The molecular weight excluding hydrogens is 394 g/mol. The maximum Gasteiger partial charge on any atom is 0.255 e. The lowest BCUT2D eigenvalue weighted by Gasteiger charge is -2.34. The maximum absolute atomic E-state index is 13.0. The van der Waals surface area contributed by atoms with Gasteiger partial charge in [0.2, 0.25) is 0 Å². The number of benzene rings is 2. The largest absolute Gasteiger partial charge is 0.345 e. The lowest BCUT2D eigenvalue weighted by atomic mass is 10.2. The fraction of sp³-hybridized carbons (Fsp3) is 0.300. The van der Waals surface area contributed by atoms with Crippen molar-refractivity contribution in [1.29, 1.82) is 0 Å². The van der Waals surface area contributed by atoms with Gasteiger partial charge in [-0.1, -0.05) is 42.5 Å². The molecular formula is C20H21N3O3S2. The fourth-order valence-corrected chi connectivity index (χ4v) is 5.44. The highest BCUT2D eigenvalue weighted by molar-refractivity contribution is 7.91. The summed E-state index contributed by atoms with van der Waals surface area (Å²) in [4.78, 5) is 21.7. The maximum atomic E-state index is 13.0. The first kappa shape index (κ1) is 18.9. The molecule has 1 aliphatic heterocycles. The van der Waals surface area contributed by atoms with Gasteiger partial charge in [0.05, 0.1) is 26.4 Å². The fourth-order valence-electron chi connectivity index (χ4n) is 3.34. The topological polar surface area (TPSA) is 70.6 Å². The molecule has 0 radical (unpaired) electrons. The molecule has 146 valence electrons. The van der Waals surface area contributed by atoms with Crippen molar-refractivity contribution >= 4 is 42.4 Å². The Kier molecular flexibility index (Phi) is 5.07. The number of rotatable bonds is 4. The van der Waals surface area contributed by atoms with Gasteiger partial charge in [0, 0.05) is 26.2 Å².